The maximum absolute atomic E-state index is 12.1. The Balaban J connectivity index is 1.55. The van der Waals surface area contributed by atoms with Crippen molar-refractivity contribution in [1.29, 1.82) is 0 Å². The molecule has 0 radical (unpaired) electrons. The molecule has 2 fully saturated rings. The third kappa shape index (κ3) is 3.34. The number of hydrogen-bond donors (Lipinski definition) is 1. The topological polar surface area (TPSA) is 81.1 Å². The minimum absolute atomic E-state index is 0.00327. The van der Waals surface area contributed by atoms with E-state index in [4.69, 9.17) is 0 Å². The summed E-state index contributed by atoms with van der Waals surface area (Å²) in [6.07, 6.45) is 2.61. The monoisotopic (exact) mass is 325 g/mol. The van der Waals surface area contributed by atoms with Gasteiger partial charge in [-0.15, -0.1) is 0 Å². The molecule has 2 heterocycles. The van der Waals surface area contributed by atoms with E-state index in [1.807, 2.05) is 18.5 Å². The summed E-state index contributed by atoms with van der Waals surface area (Å²) in [5.41, 5.74) is 2.24. The number of carbonyl (C=O) groups excluding carboxylic acids is 1. The first-order chi connectivity index (χ1) is 10.3. The maximum Gasteiger partial charge on any atom is 0.224 e. The molecule has 1 aromatic rings. The lowest BCUT2D eigenvalue weighted by molar-refractivity contribution is -0.124. The summed E-state index contributed by atoms with van der Waals surface area (Å²) in [6, 6.07) is 2.05. The van der Waals surface area contributed by atoms with Gasteiger partial charge in [0.2, 0.25) is 5.91 Å². The number of aromatic nitrogens is 2. The van der Waals surface area contributed by atoms with Gasteiger partial charge in [0.15, 0.2) is 9.84 Å². The number of sulfone groups is 1. The van der Waals surface area contributed by atoms with Crippen LogP contribution in [-0.2, 0) is 21.2 Å². The number of carbonyl (C=O) groups is 1. The summed E-state index contributed by atoms with van der Waals surface area (Å²) >= 11 is 0. The fourth-order valence-electron chi connectivity index (χ4n) is 3.14. The third-order valence-electron chi connectivity index (χ3n) is 4.79. The van der Waals surface area contributed by atoms with Crippen LogP contribution in [0.4, 0.5) is 0 Å². The lowest BCUT2D eigenvalue weighted by Gasteiger charge is -2.18. The summed E-state index contributed by atoms with van der Waals surface area (Å²) < 4.78 is 24.9. The largest absolute Gasteiger partial charge is 0.355 e. The van der Waals surface area contributed by atoms with Crippen LogP contribution in [-0.4, -0.2) is 42.2 Å². The zero-order valence-corrected chi connectivity index (χ0v) is 13.9. The standard InChI is InChI=1S/C15H23N3O3S/c1-11-7-12(2)18(17-11)10-15(4-5-15)9-16-14(19)13-3-6-22(20,21)8-13/h7,13H,3-6,8-10H2,1-2H3,(H,16,19)/t13-/m1/s1. The van der Waals surface area contributed by atoms with E-state index in [9.17, 15) is 13.2 Å². The van der Waals surface area contributed by atoms with E-state index in [2.05, 4.69) is 16.5 Å². The summed E-state index contributed by atoms with van der Waals surface area (Å²) in [6.45, 7) is 5.44. The first-order valence-electron chi connectivity index (χ1n) is 7.78. The Kier molecular flexibility index (Phi) is 3.79. The number of hydrogen-bond acceptors (Lipinski definition) is 4. The highest BCUT2D eigenvalue weighted by atomic mass is 32.2. The Hall–Kier alpha value is -1.37. The third-order valence-corrected chi connectivity index (χ3v) is 6.55. The molecular formula is C15H23N3O3S. The van der Waals surface area contributed by atoms with Crippen molar-refractivity contribution < 1.29 is 13.2 Å². The quantitative estimate of drug-likeness (QED) is 0.869. The molecule has 1 amide bonds. The molecule has 6 nitrogen and oxygen atoms in total. The summed E-state index contributed by atoms with van der Waals surface area (Å²) in [7, 11) is -3.01. The Bertz CT molecular complexity index is 689. The molecule has 1 saturated heterocycles. The molecule has 0 spiro atoms. The first kappa shape index (κ1) is 15.5. The summed E-state index contributed by atoms with van der Waals surface area (Å²) in [5, 5.41) is 7.45. The van der Waals surface area contributed by atoms with Crippen molar-refractivity contribution in [2.45, 2.75) is 39.7 Å². The normalized spacial score (nSPS) is 25.1. The lowest BCUT2D eigenvalue weighted by atomic mass is 10.1. The van der Waals surface area contributed by atoms with E-state index in [0.717, 1.165) is 30.8 Å². The van der Waals surface area contributed by atoms with Gasteiger partial charge in [-0.25, -0.2) is 8.42 Å². The second-order valence-electron chi connectivity index (χ2n) is 6.90. The number of amides is 1. The van der Waals surface area contributed by atoms with E-state index >= 15 is 0 Å². The van der Waals surface area contributed by atoms with E-state index in [0.29, 0.717) is 13.0 Å². The Morgan fingerprint density at radius 3 is 2.68 bits per heavy atom. The van der Waals surface area contributed by atoms with E-state index in [1.54, 1.807) is 0 Å². The van der Waals surface area contributed by atoms with E-state index in [-0.39, 0.29) is 28.7 Å². The molecule has 1 aliphatic carbocycles. The minimum Gasteiger partial charge on any atom is -0.355 e. The van der Waals surface area contributed by atoms with Crippen LogP contribution in [0.2, 0.25) is 0 Å². The predicted molar refractivity (Wildman–Crippen MR) is 83.1 cm³/mol. The van der Waals surface area contributed by atoms with Gasteiger partial charge in [-0.2, -0.15) is 5.10 Å². The van der Waals surface area contributed by atoms with Gasteiger partial charge in [0.1, 0.15) is 0 Å². The molecule has 2 aliphatic rings. The smallest absolute Gasteiger partial charge is 0.224 e. The second-order valence-corrected chi connectivity index (χ2v) is 9.13. The van der Waals surface area contributed by atoms with Crippen LogP contribution < -0.4 is 5.32 Å². The van der Waals surface area contributed by atoms with Crippen molar-refractivity contribution in [3.8, 4) is 0 Å². The molecule has 1 aromatic heterocycles. The molecule has 0 aromatic carbocycles. The van der Waals surface area contributed by atoms with Crippen LogP contribution in [0.25, 0.3) is 0 Å². The number of nitrogens with zero attached hydrogens (tertiary/aromatic N) is 2. The summed E-state index contributed by atoms with van der Waals surface area (Å²) in [4.78, 5) is 12.1. The molecule has 1 saturated carbocycles. The second kappa shape index (κ2) is 5.37. The maximum atomic E-state index is 12.1. The van der Waals surface area contributed by atoms with Crippen molar-refractivity contribution in [2.75, 3.05) is 18.1 Å². The zero-order chi connectivity index (χ0) is 16.0. The van der Waals surface area contributed by atoms with E-state index < -0.39 is 9.84 Å². The van der Waals surface area contributed by atoms with Gasteiger partial charge in [0, 0.05) is 24.2 Å². The summed E-state index contributed by atoms with van der Waals surface area (Å²) in [5.74, 6) is -0.333. The molecule has 1 atom stereocenters. The molecule has 3 rings (SSSR count). The van der Waals surface area contributed by atoms with Crippen LogP contribution in [0, 0.1) is 25.2 Å². The molecule has 1 aliphatic heterocycles. The molecular weight excluding hydrogens is 302 g/mol. The number of rotatable bonds is 5. The highest BCUT2D eigenvalue weighted by molar-refractivity contribution is 7.91. The molecule has 22 heavy (non-hydrogen) atoms. The van der Waals surface area contributed by atoms with Crippen LogP contribution in [0.15, 0.2) is 6.07 Å². The molecule has 0 bridgehead atoms. The number of nitrogens with one attached hydrogen (secondary N) is 1. The van der Waals surface area contributed by atoms with Crippen molar-refractivity contribution in [2.24, 2.45) is 11.3 Å². The average molecular weight is 325 g/mol. The van der Waals surface area contributed by atoms with Crippen molar-refractivity contribution in [1.82, 2.24) is 15.1 Å². The van der Waals surface area contributed by atoms with Crippen molar-refractivity contribution in [3.63, 3.8) is 0 Å². The van der Waals surface area contributed by atoms with Gasteiger partial charge in [-0.05, 0) is 39.2 Å². The van der Waals surface area contributed by atoms with Gasteiger partial charge in [0.05, 0.1) is 23.1 Å². The molecule has 7 heteroatoms. The average Bonchev–Trinajstić information content (AvgIpc) is 2.99. The first-order valence-corrected chi connectivity index (χ1v) is 9.60. The Labute approximate surface area is 131 Å². The highest BCUT2D eigenvalue weighted by Gasteiger charge is 2.44. The van der Waals surface area contributed by atoms with Crippen molar-refractivity contribution in [3.05, 3.63) is 17.5 Å². The fraction of sp³-hybridized carbons (Fsp3) is 0.733. The van der Waals surface area contributed by atoms with Crippen LogP contribution >= 0.6 is 0 Å². The predicted octanol–water partition coefficient (Wildman–Crippen LogP) is 0.831. The van der Waals surface area contributed by atoms with Crippen LogP contribution in [0.1, 0.15) is 30.7 Å². The highest BCUT2D eigenvalue weighted by Crippen LogP contribution is 2.46. The Morgan fingerprint density at radius 2 is 2.18 bits per heavy atom. The molecule has 0 unspecified atom stereocenters. The van der Waals surface area contributed by atoms with Crippen LogP contribution in [0.5, 0.6) is 0 Å². The lowest BCUT2D eigenvalue weighted by Crippen LogP contribution is -2.37. The van der Waals surface area contributed by atoms with Gasteiger partial charge in [0.25, 0.3) is 0 Å². The van der Waals surface area contributed by atoms with Crippen LogP contribution in [0.3, 0.4) is 0 Å². The van der Waals surface area contributed by atoms with Gasteiger partial charge in [-0.3, -0.25) is 9.48 Å². The number of aryl methyl sites for hydroxylation is 2. The Morgan fingerprint density at radius 1 is 1.45 bits per heavy atom. The van der Waals surface area contributed by atoms with Gasteiger partial charge < -0.3 is 5.32 Å². The van der Waals surface area contributed by atoms with Gasteiger partial charge in [-0.1, -0.05) is 0 Å². The van der Waals surface area contributed by atoms with E-state index in [1.165, 1.54) is 0 Å². The zero-order valence-electron chi connectivity index (χ0n) is 13.1. The SMILES string of the molecule is Cc1cc(C)n(CC2(CNC(=O)[C@@H]3CCS(=O)(=O)C3)CC2)n1. The molecule has 1 N–H and O–H groups in total. The fourth-order valence-corrected chi connectivity index (χ4v) is 4.88. The molecule has 122 valence electrons. The van der Waals surface area contributed by atoms with Gasteiger partial charge >= 0.3 is 0 Å². The van der Waals surface area contributed by atoms with Crippen molar-refractivity contribution >= 4 is 15.7 Å². The minimum atomic E-state index is -3.01.